The molecule has 0 amide bonds. The van der Waals surface area contributed by atoms with E-state index in [4.69, 9.17) is 18.9 Å². The van der Waals surface area contributed by atoms with Gasteiger partial charge in [-0.2, -0.15) is 0 Å². The van der Waals surface area contributed by atoms with Gasteiger partial charge in [0.15, 0.2) is 17.5 Å². The molecule has 0 aliphatic rings. The lowest BCUT2D eigenvalue weighted by atomic mass is 10.2. The molecular weight excluding hydrogens is 509 g/mol. The van der Waals surface area contributed by atoms with Crippen LogP contribution in [0.25, 0.3) is 0 Å². The topological polar surface area (TPSA) is 73.3 Å². The molecule has 0 aromatic heterocycles. The van der Waals surface area contributed by atoms with Crippen molar-refractivity contribution in [3.8, 4) is 17.2 Å². The first kappa shape index (κ1) is 26.8. The zero-order valence-electron chi connectivity index (χ0n) is 18.8. The van der Waals surface area contributed by atoms with E-state index in [1.165, 1.54) is 0 Å². The number of guanidine groups is 1. The summed E-state index contributed by atoms with van der Waals surface area (Å²) in [5.41, 5.74) is 1.94. The van der Waals surface area contributed by atoms with Gasteiger partial charge in [0.1, 0.15) is 5.75 Å². The normalized spacial score (nSPS) is 10.8. The fourth-order valence-electron chi connectivity index (χ4n) is 2.76. The van der Waals surface area contributed by atoms with Crippen LogP contribution in [0.5, 0.6) is 17.2 Å². The Bertz CT molecular complexity index is 802. The van der Waals surface area contributed by atoms with E-state index < -0.39 is 0 Å². The van der Waals surface area contributed by atoms with Crippen LogP contribution >= 0.6 is 24.0 Å². The first-order valence-electron chi connectivity index (χ1n) is 10.3. The van der Waals surface area contributed by atoms with E-state index in [1.54, 1.807) is 14.2 Å². The van der Waals surface area contributed by atoms with Crippen LogP contribution in [-0.2, 0) is 11.3 Å². The molecule has 0 saturated carbocycles. The minimum atomic E-state index is 0. The Morgan fingerprint density at radius 3 is 2.52 bits per heavy atom. The molecule has 0 unspecified atom stereocenters. The van der Waals surface area contributed by atoms with Crippen molar-refractivity contribution in [2.45, 2.75) is 26.8 Å². The van der Waals surface area contributed by atoms with Gasteiger partial charge in [0.05, 0.1) is 26.9 Å². The number of ether oxygens (including phenoxy) is 4. The van der Waals surface area contributed by atoms with Gasteiger partial charge in [-0.1, -0.05) is 12.1 Å². The van der Waals surface area contributed by atoms with Crippen LogP contribution in [0.3, 0.4) is 0 Å². The lowest BCUT2D eigenvalue weighted by Crippen LogP contribution is -2.30. The Balaban J connectivity index is 0.00000480. The van der Waals surface area contributed by atoms with Crippen LogP contribution in [0.4, 0.5) is 5.69 Å². The summed E-state index contributed by atoms with van der Waals surface area (Å²) in [5, 5.41) is 6.60. The molecule has 0 atom stereocenters. The van der Waals surface area contributed by atoms with E-state index in [1.807, 2.05) is 56.3 Å². The Labute approximate surface area is 202 Å². The summed E-state index contributed by atoms with van der Waals surface area (Å²) < 4.78 is 21.8. The maximum atomic E-state index is 5.77. The Kier molecular flexibility index (Phi) is 13.5. The molecule has 8 heteroatoms. The first-order valence-corrected chi connectivity index (χ1v) is 10.3. The van der Waals surface area contributed by atoms with Crippen molar-refractivity contribution < 1.29 is 18.9 Å². The molecule has 172 valence electrons. The fraction of sp³-hybridized carbons (Fsp3) is 0.435. The van der Waals surface area contributed by atoms with E-state index in [0.29, 0.717) is 38.1 Å². The van der Waals surface area contributed by atoms with Gasteiger partial charge in [-0.05, 0) is 43.7 Å². The highest BCUT2D eigenvalue weighted by Crippen LogP contribution is 2.28. The Morgan fingerprint density at radius 1 is 0.968 bits per heavy atom. The van der Waals surface area contributed by atoms with Crippen molar-refractivity contribution in [1.29, 1.82) is 0 Å². The van der Waals surface area contributed by atoms with Gasteiger partial charge in [-0.15, -0.1) is 24.0 Å². The van der Waals surface area contributed by atoms with Crippen LogP contribution in [0.1, 0.15) is 25.8 Å². The molecule has 0 aliphatic carbocycles. The van der Waals surface area contributed by atoms with E-state index >= 15 is 0 Å². The van der Waals surface area contributed by atoms with Gasteiger partial charge >= 0.3 is 0 Å². The van der Waals surface area contributed by atoms with E-state index in [0.717, 1.165) is 35.7 Å². The third-order valence-corrected chi connectivity index (χ3v) is 4.15. The second kappa shape index (κ2) is 15.6. The van der Waals surface area contributed by atoms with Crippen LogP contribution < -0.4 is 24.8 Å². The summed E-state index contributed by atoms with van der Waals surface area (Å²) in [5.74, 6) is 2.95. The van der Waals surface area contributed by atoms with Gasteiger partial charge in [-0.3, -0.25) is 0 Å². The van der Waals surface area contributed by atoms with Crippen LogP contribution in [-0.4, -0.2) is 46.5 Å². The number of methoxy groups -OCH3 is 2. The highest BCUT2D eigenvalue weighted by Gasteiger charge is 2.06. The number of hydrogen-bond donors (Lipinski definition) is 2. The molecule has 0 spiro atoms. The van der Waals surface area contributed by atoms with Crippen molar-refractivity contribution in [1.82, 2.24) is 5.32 Å². The number of nitrogens with zero attached hydrogens (tertiary/aromatic N) is 1. The van der Waals surface area contributed by atoms with Crippen molar-refractivity contribution in [2.75, 3.05) is 45.9 Å². The number of nitrogens with one attached hydrogen (secondary N) is 2. The third-order valence-electron chi connectivity index (χ3n) is 4.15. The minimum Gasteiger partial charge on any atom is -0.493 e. The summed E-state index contributed by atoms with van der Waals surface area (Å²) in [6, 6.07) is 13.7. The summed E-state index contributed by atoms with van der Waals surface area (Å²) in [4.78, 5) is 4.69. The molecule has 0 bridgehead atoms. The molecule has 2 N–H and O–H groups in total. The number of aliphatic imine (C=N–C) groups is 1. The van der Waals surface area contributed by atoms with Gasteiger partial charge in [0.2, 0.25) is 0 Å². The largest absolute Gasteiger partial charge is 0.493 e. The molecule has 0 saturated heterocycles. The number of rotatable bonds is 12. The summed E-state index contributed by atoms with van der Waals surface area (Å²) in [7, 11) is 3.33. The molecule has 2 aromatic carbocycles. The fourth-order valence-corrected chi connectivity index (χ4v) is 2.76. The van der Waals surface area contributed by atoms with E-state index in [9.17, 15) is 0 Å². The molecule has 7 nitrogen and oxygen atoms in total. The van der Waals surface area contributed by atoms with Gasteiger partial charge in [0, 0.05) is 38.4 Å². The molecule has 0 aliphatic heterocycles. The van der Waals surface area contributed by atoms with E-state index in [-0.39, 0.29) is 24.0 Å². The summed E-state index contributed by atoms with van der Waals surface area (Å²) in [6.07, 6.45) is 0.851. The highest BCUT2D eigenvalue weighted by molar-refractivity contribution is 14.0. The number of halogens is 1. The van der Waals surface area contributed by atoms with Gasteiger partial charge in [0.25, 0.3) is 0 Å². The smallest absolute Gasteiger partial charge is 0.196 e. The highest BCUT2D eigenvalue weighted by atomic mass is 127. The van der Waals surface area contributed by atoms with E-state index in [2.05, 4.69) is 15.6 Å². The summed E-state index contributed by atoms with van der Waals surface area (Å²) in [6.45, 7) is 7.14. The molecule has 0 fully saturated rings. The minimum absolute atomic E-state index is 0. The first-order chi connectivity index (χ1) is 14.7. The van der Waals surface area contributed by atoms with Crippen LogP contribution in [0.2, 0.25) is 0 Å². The zero-order valence-corrected chi connectivity index (χ0v) is 21.1. The SMILES string of the molecule is CCNC(=NCc1ccc(OCC)c(OC)c1)Nc1cccc(OCCCOC)c1.I. The number of benzene rings is 2. The summed E-state index contributed by atoms with van der Waals surface area (Å²) >= 11 is 0. The molecule has 0 heterocycles. The molecular formula is C23H34IN3O4. The lowest BCUT2D eigenvalue weighted by molar-refractivity contribution is 0.172. The lowest BCUT2D eigenvalue weighted by Gasteiger charge is -2.13. The quantitative estimate of drug-likeness (QED) is 0.175. The molecule has 31 heavy (non-hydrogen) atoms. The Morgan fingerprint density at radius 2 is 1.81 bits per heavy atom. The molecule has 0 radical (unpaired) electrons. The maximum Gasteiger partial charge on any atom is 0.196 e. The van der Waals surface area contributed by atoms with Crippen LogP contribution in [0, 0.1) is 0 Å². The van der Waals surface area contributed by atoms with Gasteiger partial charge in [-0.25, -0.2) is 4.99 Å². The molecule has 2 aromatic rings. The van der Waals surface area contributed by atoms with Crippen molar-refractivity contribution in [2.24, 2.45) is 4.99 Å². The molecule has 2 rings (SSSR count). The zero-order chi connectivity index (χ0) is 21.6. The monoisotopic (exact) mass is 543 g/mol. The second-order valence-corrected chi connectivity index (χ2v) is 6.46. The van der Waals surface area contributed by atoms with Crippen molar-refractivity contribution >= 4 is 35.6 Å². The average molecular weight is 543 g/mol. The average Bonchev–Trinajstić information content (AvgIpc) is 2.76. The third kappa shape index (κ3) is 9.65. The van der Waals surface area contributed by atoms with Crippen molar-refractivity contribution in [3.05, 3.63) is 48.0 Å². The predicted octanol–water partition coefficient (Wildman–Crippen LogP) is 4.70. The standard InChI is InChI=1S/C23H33N3O4.HI/c1-5-24-23(25-17-18-11-12-21(29-6-2)22(15-18)28-4)26-19-9-7-10-20(16-19)30-14-8-13-27-3;/h7,9-12,15-16H,5-6,8,13-14,17H2,1-4H3,(H2,24,25,26);1H. The second-order valence-electron chi connectivity index (χ2n) is 6.46. The van der Waals surface area contributed by atoms with Crippen LogP contribution in [0.15, 0.2) is 47.5 Å². The predicted molar refractivity (Wildman–Crippen MR) is 136 cm³/mol. The van der Waals surface area contributed by atoms with Gasteiger partial charge < -0.3 is 29.6 Å². The maximum absolute atomic E-state index is 5.77. The number of hydrogen-bond acceptors (Lipinski definition) is 5. The number of anilines is 1. The van der Waals surface area contributed by atoms with Crippen molar-refractivity contribution in [3.63, 3.8) is 0 Å². The Hall–Kier alpha value is -2.20.